The van der Waals surface area contributed by atoms with Gasteiger partial charge in [0.25, 0.3) is 0 Å². The van der Waals surface area contributed by atoms with Crippen LogP contribution in [0.3, 0.4) is 0 Å². The Labute approximate surface area is 103 Å². The van der Waals surface area contributed by atoms with Gasteiger partial charge in [-0.25, -0.2) is 0 Å². The van der Waals surface area contributed by atoms with Gasteiger partial charge in [-0.15, -0.1) is 11.3 Å². The lowest BCUT2D eigenvalue weighted by Gasteiger charge is -2.24. The van der Waals surface area contributed by atoms with Gasteiger partial charge >= 0.3 is 0 Å². The highest BCUT2D eigenvalue weighted by Gasteiger charge is 2.25. The van der Waals surface area contributed by atoms with E-state index in [4.69, 9.17) is 0 Å². The molecule has 0 bridgehead atoms. The first-order valence-electron chi connectivity index (χ1n) is 6.58. The zero-order valence-electron chi connectivity index (χ0n) is 10.4. The molecule has 0 saturated heterocycles. The fourth-order valence-electron chi connectivity index (χ4n) is 2.69. The lowest BCUT2D eigenvalue weighted by atomic mass is 10.0. The fraction of sp³-hybridized carbons (Fsp3) is 0.714. The second-order valence-electron chi connectivity index (χ2n) is 5.07. The van der Waals surface area contributed by atoms with E-state index in [1.54, 1.807) is 0 Å². The van der Waals surface area contributed by atoms with Crippen molar-refractivity contribution in [2.45, 2.75) is 58.0 Å². The molecule has 1 N–H and O–H groups in total. The van der Waals surface area contributed by atoms with Crippen LogP contribution >= 0.6 is 11.3 Å². The topological polar surface area (TPSA) is 12.0 Å². The minimum Gasteiger partial charge on any atom is -0.311 e. The smallest absolute Gasteiger partial charge is 0.0115 e. The molecule has 16 heavy (non-hydrogen) atoms. The first kappa shape index (κ1) is 12.1. The van der Waals surface area contributed by atoms with Gasteiger partial charge in [-0.05, 0) is 43.0 Å². The molecular formula is C14H23NS. The van der Waals surface area contributed by atoms with E-state index in [0.717, 1.165) is 12.0 Å². The highest BCUT2D eigenvalue weighted by molar-refractivity contribution is 7.09. The van der Waals surface area contributed by atoms with E-state index in [-0.39, 0.29) is 0 Å². The zero-order chi connectivity index (χ0) is 11.4. The van der Waals surface area contributed by atoms with E-state index >= 15 is 0 Å². The van der Waals surface area contributed by atoms with Crippen LogP contribution in [0.2, 0.25) is 0 Å². The van der Waals surface area contributed by atoms with Crippen LogP contribution in [0.1, 0.15) is 44.4 Å². The molecule has 0 spiro atoms. The lowest BCUT2D eigenvalue weighted by molar-refractivity contribution is 0.363. The van der Waals surface area contributed by atoms with Crippen molar-refractivity contribution in [3.8, 4) is 0 Å². The third-order valence-electron chi connectivity index (χ3n) is 3.83. The third kappa shape index (κ3) is 3.08. The average Bonchev–Trinajstić information content (AvgIpc) is 2.90. The van der Waals surface area contributed by atoms with Crippen molar-refractivity contribution in [2.75, 3.05) is 0 Å². The van der Waals surface area contributed by atoms with Gasteiger partial charge in [0.15, 0.2) is 0 Å². The SMILES string of the molecule is CCC(Cc1cccs1)NC1CCCC1C. The molecule has 1 aromatic heterocycles. The molecule has 3 unspecified atom stereocenters. The Hall–Kier alpha value is -0.340. The Balaban J connectivity index is 1.85. The quantitative estimate of drug-likeness (QED) is 0.820. The third-order valence-corrected chi connectivity index (χ3v) is 4.73. The largest absolute Gasteiger partial charge is 0.311 e. The Morgan fingerprint density at radius 3 is 2.94 bits per heavy atom. The molecular weight excluding hydrogens is 214 g/mol. The van der Waals surface area contributed by atoms with Gasteiger partial charge in [0.05, 0.1) is 0 Å². The number of thiophene rings is 1. The summed E-state index contributed by atoms with van der Waals surface area (Å²) in [5.41, 5.74) is 0. The van der Waals surface area contributed by atoms with Crippen LogP contribution in [0.5, 0.6) is 0 Å². The van der Waals surface area contributed by atoms with Gasteiger partial charge in [-0.1, -0.05) is 26.3 Å². The molecule has 90 valence electrons. The second kappa shape index (κ2) is 5.83. The molecule has 2 rings (SSSR count). The van der Waals surface area contributed by atoms with E-state index < -0.39 is 0 Å². The summed E-state index contributed by atoms with van der Waals surface area (Å²) in [6.45, 7) is 4.69. The highest BCUT2D eigenvalue weighted by Crippen LogP contribution is 2.26. The molecule has 3 atom stereocenters. The van der Waals surface area contributed by atoms with Gasteiger partial charge in [-0.2, -0.15) is 0 Å². The summed E-state index contributed by atoms with van der Waals surface area (Å²) < 4.78 is 0. The molecule has 1 aliphatic carbocycles. The molecule has 2 heteroatoms. The van der Waals surface area contributed by atoms with Crippen molar-refractivity contribution >= 4 is 11.3 Å². The van der Waals surface area contributed by atoms with E-state index in [1.165, 1.54) is 37.0 Å². The molecule has 0 amide bonds. The summed E-state index contributed by atoms with van der Waals surface area (Å²) in [6.07, 6.45) is 6.64. The summed E-state index contributed by atoms with van der Waals surface area (Å²) in [5.74, 6) is 0.873. The first-order valence-corrected chi connectivity index (χ1v) is 7.46. The number of nitrogens with one attached hydrogen (secondary N) is 1. The number of hydrogen-bond donors (Lipinski definition) is 1. The molecule has 1 fully saturated rings. The number of rotatable bonds is 5. The minimum atomic E-state index is 0.671. The predicted octanol–water partition coefficient (Wildman–Crippen LogP) is 3.85. The van der Waals surface area contributed by atoms with Crippen molar-refractivity contribution in [3.63, 3.8) is 0 Å². The van der Waals surface area contributed by atoms with Gasteiger partial charge < -0.3 is 5.32 Å². The maximum atomic E-state index is 3.86. The Bertz CT molecular complexity index is 294. The van der Waals surface area contributed by atoms with E-state index in [1.807, 2.05) is 11.3 Å². The summed E-state index contributed by atoms with van der Waals surface area (Å²) in [4.78, 5) is 1.52. The van der Waals surface area contributed by atoms with E-state index in [0.29, 0.717) is 6.04 Å². The molecule has 1 aromatic rings. The van der Waals surface area contributed by atoms with Crippen molar-refractivity contribution in [2.24, 2.45) is 5.92 Å². The van der Waals surface area contributed by atoms with Crippen LogP contribution in [-0.2, 0) is 6.42 Å². The number of hydrogen-bond acceptors (Lipinski definition) is 2. The van der Waals surface area contributed by atoms with E-state index in [9.17, 15) is 0 Å². The van der Waals surface area contributed by atoms with Crippen molar-refractivity contribution < 1.29 is 0 Å². The summed E-state index contributed by atoms with van der Waals surface area (Å²) in [5, 5.41) is 6.04. The fourth-order valence-corrected chi connectivity index (χ4v) is 3.47. The zero-order valence-corrected chi connectivity index (χ0v) is 11.2. The van der Waals surface area contributed by atoms with Gasteiger partial charge in [0.2, 0.25) is 0 Å². The first-order chi connectivity index (χ1) is 7.79. The standard InChI is InChI=1S/C14H23NS/c1-3-12(10-13-7-5-9-16-13)15-14-8-4-6-11(14)2/h5,7,9,11-12,14-15H,3-4,6,8,10H2,1-2H3. The Morgan fingerprint density at radius 2 is 2.38 bits per heavy atom. The van der Waals surface area contributed by atoms with Gasteiger partial charge in [-0.3, -0.25) is 0 Å². The molecule has 1 saturated carbocycles. The Morgan fingerprint density at radius 1 is 1.50 bits per heavy atom. The van der Waals surface area contributed by atoms with Crippen molar-refractivity contribution in [1.82, 2.24) is 5.32 Å². The normalized spacial score (nSPS) is 27.1. The van der Waals surface area contributed by atoms with Crippen LogP contribution in [0.4, 0.5) is 0 Å². The maximum Gasteiger partial charge on any atom is 0.0115 e. The molecule has 1 heterocycles. The van der Waals surface area contributed by atoms with Gasteiger partial charge in [0.1, 0.15) is 0 Å². The molecule has 0 aliphatic heterocycles. The van der Waals surface area contributed by atoms with Crippen LogP contribution < -0.4 is 5.32 Å². The van der Waals surface area contributed by atoms with Crippen LogP contribution in [0, 0.1) is 5.92 Å². The lowest BCUT2D eigenvalue weighted by Crippen LogP contribution is -2.40. The monoisotopic (exact) mass is 237 g/mol. The molecule has 0 aromatic carbocycles. The molecule has 1 nitrogen and oxygen atoms in total. The minimum absolute atomic E-state index is 0.671. The summed E-state index contributed by atoms with van der Waals surface area (Å²) in [6, 6.07) is 5.85. The highest BCUT2D eigenvalue weighted by atomic mass is 32.1. The maximum absolute atomic E-state index is 3.86. The van der Waals surface area contributed by atoms with Crippen LogP contribution in [0.15, 0.2) is 17.5 Å². The van der Waals surface area contributed by atoms with E-state index in [2.05, 4.69) is 36.7 Å². The molecule has 1 aliphatic rings. The summed E-state index contributed by atoms with van der Waals surface area (Å²) in [7, 11) is 0. The predicted molar refractivity (Wildman–Crippen MR) is 72.0 cm³/mol. The second-order valence-corrected chi connectivity index (χ2v) is 6.10. The van der Waals surface area contributed by atoms with Gasteiger partial charge in [0, 0.05) is 17.0 Å². The van der Waals surface area contributed by atoms with Crippen molar-refractivity contribution in [1.29, 1.82) is 0 Å². The Kier molecular flexibility index (Phi) is 4.42. The van der Waals surface area contributed by atoms with Crippen LogP contribution in [-0.4, -0.2) is 12.1 Å². The molecule has 0 radical (unpaired) electrons. The van der Waals surface area contributed by atoms with Crippen molar-refractivity contribution in [3.05, 3.63) is 22.4 Å². The van der Waals surface area contributed by atoms with Crippen LogP contribution in [0.25, 0.3) is 0 Å². The average molecular weight is 237 g/mol. The summed E-state index contributed by atoms with van der Waals surface area (Å²) >= 11 is 1.89.